The molecule has 1 aliphatic rings. The Kier molecular flexibility index (Phi) is 8.64. The van der Waals surface area contributed by atoms with Crippen LogP contribution in [0.5, 0.6) is 0 Å². The van der Waals surface area contributed by atoms with E-state index in [4.69, 9.17) is 14.2 Å². The molecular weight excluding hydrogens is 470 g/mol. The Labute approximate surface area is 208 Å². The van der Waals surface area contributed by atoms with Crippen LogP contribution in [0, 0.1) is 0 Å². The van der Waals surface area contributed by atoms with Gasteiger partial charge in [0.1, 0.15) is 0 Å². The lowest BCUT2D eigenvalue weighted by atomic mass is 9.80. The maximum atomic E-state index is 13.0. The molecule has 0 aliphatic carbocycles. The fraction of sp³-hybridized carbons (Fsp3) is 0.360. The van der Waals surface area contributed by atoms with Crippen LogP contribution in [0.25, 0.3) is 0 Å². The molecule has 10 heteroatoms. The minimum Gasteiger partial charge on any atom is -0.463 e. The van der Waals surface area contributed by atoms with Crippen molar-refractivity contribution in [3.63, 3.8) is 0 Å². The first-order valence-corrected chi connectivity index (χ1v) is 12.2. The van der Waals surface area contributed by atoms with Gasteiger partial charge < -0.3 is 24.8 Å². The molecule has 0 bridgehead atoms. The van der Waals surface area contributed by atoms with Crippen LogP contribution in [0.2, 0.25) is 0 Å². The van der Waals surface area contributed by atoms with Crippen LogP contribution in [0.4, 0.5) is 10.8 Å². The van der Waals surface area contributed by atoms with Crippen molar-refractivity contribution in [2.24, 2.45) is 0 Å². The van der Waals surface area contributed by atoms with Gasteiger partial charge in [-0.1, -0.05) is 12.1 Å². The lowest BCUT2D eigenvalue weighted by Gasteiger charge is -2.30. The van der Waals surface area contributed by atoms with Crippen molar-refractivity contribution in [1.82, 2.24) is 10.3 Å². The van der Waals surface area contributed by atoms with Crippen LogP contribution >= 0.6 is 11.3 Å². The summed E-state index contributed by atoms with van der Waals surface area (Å²) in [6.45, 7) is 9.42. The summed E-state index contributed by atoms with van der Waals surface area (Å²) in [6, 6.07) is 7.32. The lowest BCUT2D eigenvalue weighted by Crippen LogP contribution is -2.32. The highest BCUT2D eigenvalue weighted by molar-refractivity contribution is 7.14. The SMILES string of the molecule is CCOC(=O)C1=C(C)NC(C)=C(C(=O)OCC)C1c1cccc(Nc2nc(C(=O)OCC)cs2)c1. The number of carbonyl (C=O) groups excluding carboxylic acids is 3. The second-order valence-electron chi connectivity index (χ2n) is 7.59. The van der Waals surface area contributed by atoms with Crippen LogP contribution in [0.3, 0.4) is 0 Å². The molecule has 2 heterocycles. The Morgan fingerprint density at radius 3 is 2.09 bits per heavy atom. The van der Waals surface area contributed by atoms with E-state index in [2.05, 4.69) is 15.6 Å². The number of benzene rings is 1. The van der Waals surface area contributed by atoms with Crippen LogP contribution in [0.15, 0.2) is 52.2 Å². The number of anilines is 2. The normalized spacial score (nSPS) is 13.9. The predicted octanol–water partition coefficient (Wildman–Crippen LogP) is 4.42. The van der Waals surface area contributed by atoms with Gasteiger partial charge in [0.15, 0.2) is 10.8 Å². The van der Waals surface area contributed by atoms with Crippen LogP contribution in [-0.4, -0.2) is 42.7 Å². The molecule has 0 amide bonds. The van der Waals surface area contributed by atoms with Gasteiger partial charge in [0.05, 0.1) is 36.9 Å². The quantitative estimate of drug-likeness (QED) is 0.382. The zero-order chi connectivity index (χ0) is 25.5. The molecule has 1 aliphatic heterocycles. The van der Waals surface area contributed by atoms with E-state index < -0.39 is 23.8 Å². The van der Waals surface area contributed by atoms with Gasteiger partial charge in [0.25, 0.3) is 0 Å². The Balaban J connectivity index is 2.01. The Bertz CT molecular complexity index is 1140. The molecule has 0 saturated carbocycles. The fourth-order valence-electron chi connectivity index (χ4n) is 3.84. The van der Waals surface area contributed by atoms with Crippen molar-refractivity contribution in [3.8, 4) is 0 Å². The van der Waals surface area contributed by atoms with Crippen molar-refractivity contribution >= 4 is 40.1 Å². The highest BCUT2D eigenvalue weighted by Gasteiger charge is 2.38. The molecule has 2 N–H and O–H groups in total. The van der Waals surface area contributed by atoms with E-state index in [1.807, 2.05) is 24.3 Å². The van der Waals surface area contributed by atoms with Gasteiger partial charge >= 0.3 is 17.9 Å². The number of nitrogens with zero attached hydrogens (tertiary/aromatic N) is 1. The number of hydrogen-bond acceptors (Lipinski definition) is 10. The predicted molar refractivity (Wildman–Crippen MR) is 132 cm³/mol. The summed E-state index contributed by atoms with van der Waals surface area (Å²) in [7, 11) is 0. The van der Waals surface area contributed by atoms with Gasteiger partial charge in [-0.2, -0.15) is 0 Å². The van der Waals surface area contributed by atoms with Gasteiger partial charge in [-0.3, -0.25) is 0 Å². The largest absolute Gasteiger partial charge is 0.463 e. The topological polar surface area (TPSA) is 116 Å². The number of aromatic nitrogens is 1. The van der Waals surface area contributed by atoms with E-state index in [0.717, 1.165) is 0 Å². The maximum absolute atomic E-state index is 13.0. The summed E-state index contributed by atoms with van der Waals surface area (Å²) in [5.41, 5.74) is 3.50. The van der Waals surface area contributed by atoms with E-state index in [-0.39, 0.29) is 25.5 Å². The van der Waals surface area contributed by atoms with Gasteiger partial charge in [0.2, 0.25) is 0 Å². The molecule has 0 radical (unpaired) electrons. The van der Waals surface area contributed by atoms with Crippen molar-refractivity contribution < 1.29 is 28.6 Å². The minimum absolute atomic E-state index is 0.203. The molecule has 1 aromatic carbocycles. The first-order chi connectivity index (χ1) is 16.8. The number of carbonyl (C=O) groups is 3. The van der Waals surface area contributed by atoms with Crippen LogP contribution < -0.4 is 10.6 Å². The number of hydrogen-bond donors (Lipinski definition) is 2. The van der Waals surface area contributed by atoms with Gasteiger partial charge in [-0.25, -0.2) is 19.4 Å². The van der Waals surface area contributed by atoms with Gasteiger partial charge in [-0.05, 0) is 52.3 Å². The number of thiazole rings is 1. The Hall–Kier alpha value is -3.66. The summed E-state index contributed by atoms with van der Waals surface area (Å²) >= 11 is 1.26. The average Bonchev–Trinajstić information content (AvgIpc) is 3.27. The van der Waals surface area contributed by atoms with Crippen LogP contribution in [-0.2, 0) is 23.8 Å². The number of rotatable bonds is 9. The summed E-state index contributed by atoms with van der Waals surface area (Å²) in [4.78, 5) is 42.1. The molecule has 0 saturated heterocycles. The summed E-state index contributed by atoms with van der Waals surface area (Å²) in [6.07, 6.45) is 0. The summed E-state index contributed by atoms with van der Waals surface area (Å²) < 4.78 is 15.6. The molecule has 9 nitrogen and oxygen atoms in total. The zero-order valence-electron chi connectivity index (χ0n) is 20.4. The third kappa shape index (κ3) is 5.89. The highest BCUT2D eigenvalue weighted by atomic mass is 32.1. The summed E-state index contributed by atoms with van der Waals surface area (Å²) in [5.74, 6) is -2.19. The summed E-state index contributed by atoms with van der Waals surface area (Å²) in [5, 5.41) is 8.43. The zero-order valence-corrected chi connectivity index (χ0v) is 21.2. The number of allylic oxidation sites excluding steroid dienone is 2. The van der Waals surface area contributed by atoms with E-state index in [1.54, 1.807) is 40.0 Å². The molecule has 1 aromatic heterocycles. The highest BCUT2D eigenvalue weighted by Crippen LogP contribution is 2.40. The van der Waals surface area contributed by atoms with Crippen molar-refractivity contribution in [2.45, 2.75) is 40.5 Å². The van der Waals surface area contributed by atoms with Crippen molar-refractivity contribution in [3.05, 3.63) is 63.4 Å². The molecule has 0 atom stereocenters. The smallest absolute Gasteiger partial charge is 0.357 e. The average molecular weight is 500 g/mol. The molecule has 3 rings (SSSR count). The third-order valence-electron chi connectivity index (χ3n) is 5.21. The first kappa shape index (κ1) is 26.0. The minimum atomic E-state index is -0.692. The van der Waals surface area contributed by atoms with E-state index in [0.29, 0.717) is 38.9 Å². The maximum Gasteiger partial charge on any atom is 0.357 e. The van der Waals surface area contributed by atoms with E-state index >= 15 is 0 Å². The van der Waals surface area contributed by atoms with E-state index in [1.165, 1.54) is 11.3 Å². The Morgan fingerprint density at radius 2 is 1.51 bits per heavy atom. The Morgan fingerprint density at radius 1 is 0.943 bits per heavy atom. The van der Waals surface area contributed by atoms with Crippen molar-refractivity contribution in [2.75, 3.05) is 25.1 Å². The molecule has 0 fully saturated rings. The standard InChI is InChI=1S/C25H29N3O6S/c1-6-32-22(29)18-13-35-25(28-18)27-17-11-9-10-16(12-17)21-19(23(30)33-7-2)14(4)26-15(5)20(21)24(31)34-8-3/h9-13,21,26H,6-8H2,1-5H3,(H,27,28). The first-order valence-electron chi connectivity index (χ1n) is 11.3. The molecule has 2 aromatic rings. The molecular formula is C25H29N3O6S. The molecule has 0 spiro atoms. The molecule has 186 valence electrons. The van der Waals surface area contributed by atoms with E-state index in [9.17, 15) is 14.4 Å². The van der Waals surface area contributed by atoms with Gasteiger partial charge in [-0.15, -0.1) is 11.3 Å². The number of ether oxygens (including phenoxy) is 3. The van der Waals surface area contributed by atoms with Crippen molar-refractivity contribution in [1.29, 1.82) is 0 Å². The molecule has 35 heavy (non-hydrogen) atoms. The fourth-order valence-corrected chi connectivity index (χ4v) is 4.54. The molecule has 0 unspecified atom stereocenters. The van der Waals surface area contributed by atoms with Crippen LogP contribution in [0.1, 0.15) is 56.6 Å². The lowest BCUT2D eigenvalue weighted by molar-refractivity contribution is -0.139. The number of nitrogens with one attached hydrogen (secondary N) is 2. The van der Waals surface area contributed by atoms with Gasteiger partial charge in [0, 0.05) is 22.5 Å². The number of dihydropyridines is 1. The second-order valence-corrected chi connectivity index (χ2v) is 8.44. The second kappa shape index (κ2) is 11.7. The monoisotopic (exact) mass is 499 g/mol. The third-order valence-corrected chi connectivity index (χ3v) is 5.97. The number of esters is 3.